The van der Waals surface area contributed by atoms with Crippen molar-refractivity contribution in [1.29, 1.82) is 0 Å². The van der Waals surface area contributed by atoms with E-state index in [1.54, 1.807) is 6.07 Å². The lowest BCUT2D eigenvalue weighted by molar-refractivity contribution is 0.0978. The van der Waals surface area contributed by atoms with Gasteiger partial charge in [0.05, 0.1) is 12.2 Å². The number of carbonyl (C=O) groups excluding carboxylic acids is 3. The molecule has 0 amide bonds. The number of ketones is 1. The van der Waals surface area contributed by atoms with Gasteiger partial charge in [-0.25, -0.2) is 4.79 Å². The van der Waals surface area contributed by atoms with E-state index in [2.05, 4.69) is 6.92 Å². The van der Waals surface area contributed by atoms with Crippen LogP contribution in [0.4, 0.5) is 4.79 Å². The average molecular weight is 334 g/mol. The zero-order chi connectivity index (χ0) is 17.8. The Kier molecular flexibility index (Phi) is 9.42. The molecule has 5 heteroatoms. The molecule has 0 fully saturated rings. The van der Waals surface area contributed by atoms with E-state index in [0.717, 1.165) is 19.3 Å². The molecule has 0 saturated carbocycles. The van der Waals surface area contributed by atoms with Gasteiger partial charge in [-0.1, -0.05) is 39.5 Å². The van der Waals surface area contributed by atoms with Crippen LogP contribution in [0.15, 0.2) is 18.2 Å². The van der Waals surface area contributed by atoms with Gasteiger partial charge in [0.1, 0.15) is 5.75 Å². The summed E-state index contributed by atoms with van der Waals surface area (Å²) in [6.45, 7) is 4.27. The summed E-state index contributed by atoms with van der Waals surface area (Å²) >= 11 is 0. The van der Waals surface area contributed by atoms with Crippen LogP contribution in [0.3, 0.4) is 0 Å². The summed E-state index contributed by atoms with van der Waals surface area (Å²) in [4.78, 5) is 34.8. The van der Waals surface area contributed by atoms with Crippen LogP contribution in [0.1, 0.15) is 79.5 Å². The number of aldehydes is 1. The number of hydrogen-bond acceptors (Lipinski definition) is 5. The number of carbonyl (C=O) groups is 3. The molecule has 0 aromatic heterocycles. The van der Waals surface area contributed by atoms with Crippen LogP contribution < -0.4 is 4.74 Å². The molecule has 0 saturated heterocycles. The van der Waals surface area contributed by atoms with E-state index in [0.29, 0.717) is 24.7 Å². The summed E-state index contributed by atoms with van der Waals surface area (Å²) in [5.74, 6) is 0.0975. The van der Waals surface area contributed by atoms with Crippen LogP contribution in [-0.2, 0) is 4.74 Å². The van der Waals surface area contributed by atoms with Gasteiger partial charge < -0.3 is 9.47 Å². The predicted molar refractivity (Wildman–Crippen MR) is 91.8 cm³/mol. The Morgan fingerprint density at radius 3 is 2.46 bits per heavy atom. The van der Waals surface area contributed by atoms with E-state index in [4.69, 9.17) is 9.47 Å². The molecule has 5 nitrogen and oxygen atoms in total. The van der Waals surface area contributed by atoms with E-state index in [-0.39, 0.29) is 23.7 Å². The minimum Gasteiger partial charge on any atom is -0.434 e. The molecule has 24 heavy (non-hydrogen) atoms. The molecule has 0 spiro atoms. The normalized spacial score (nSPS) is 10.2. The molecule has 0 heterocycles. The minimum absolute atomic E-state index is 0.00490. The second-order valence-electron chi connectivity index (χ2n) is 5.66. The Morgan fingerprint density at radius 2 is 1.79 bits per heavy atom. The summed E-state index contributed by atoms with van der Waals surface area (Å²) in [5.41, 5.74) is 0.627. The van der Waals surface area contributed by atoms with E-state index in [1.807, 2.05) is 6.92 Å². The fourth-order valence-corrected chi connectivity index (χ4v) is 2.25. The topological polar surface area (TPSA) is 69.7 Å². The van der Waals surface area contributed by atoms with Crippen molar-refractivity contribution < 1.29 is 23.9 Å². The Morgan fingerprint density at radius 1 is 1.04 bits per heavy atom. The minimum atomic E-state index is -0.852. The van der Waals surface area contributed by atoms with Crippen molar-refractivity contribution in [3.63, 3.8) is 0 Å². The fraction of sp³-hybridized carbons (Fsp3) is 0.526. The standard InChI is InChI=1S/C19H26O5/c1-3-5-6-7-8-9-17(21)15-10-11-18(16(13-15)14-20)24-19(22)23-12-4-2/h10-11,13-14H,3-9,12H2,1-2H3. The lowest BCUT2D eigenvalue weighted by Crippen LogP contribution is -2.12. The van der Waals surface area contributed by atoms with Gasteiger partial charge in [0.2, 0.25) is 0 Å². The molecule has 0 aliphatic rings. The third-order valence-corrected chi connectivity index (χ3v) is 3.58. The number of ether oxygens (including phenoxy) is 2. The second kappa shape index (κ2) is 11.4. The molecule has 0 aliphatic heterocycles. The Labute approximate surface area is 143 Å². The van der Waals surface area contributed by atoms with E-state index in [9.17, 15) is 14.4 Å². The van der Waals surface area contributed by atoms with Gasteiger partial charge in [0.15, 0.2) is 12.1 Å². The molecular weight excluding hydrogens is 308 g/mol. The van der Waals surface area contributed by atoms with E-state index in [1.165, 1.54) is 25.0 Å². The molecule has 0 N–H and O–H groups in total. The largest absolute Gasteiger partial charge is 0.513 e. The van der Waals surface area contributed by atoms with Crippen LogP contribution in [0.5, 0.6) is 5.75 Å². The molecule has 0 atom stereocenters. The van der Waals surface area contributed by atoms with Gasteiger partial charge in [0, 0.05) is 12.0 Å². The predicted octanol–water partition coefficient (Wildman–Crippen LogP) is 4.97. The quantitative estimate of drug-likeness (QED) is 0.188. The average Bonchev–Trinajstić information content (AvgIpc) is 2.59. The number of unbranched alkanes of at least 4 members (excludes halogenated alkanes) is 4. The number of Topliss-reactive ketones (excluding diaryl/α,β-unsaturated/α-hetero) is 1. The van der Waals surface area contributed by atoms with Crippen molar-refractivity contribution >= 4 is 18.2 Å². The van der Waals surface area contributed by atoms with Crippen LogP contribution in [-0.4, -0.2) is 24.8 Å². The van der Waals surface area contributed by atoms with Crippen LogP contribution in [0.25, 0.3) is 0 Å². The molecule has 0 bridgehead atoms. The molecule has 0 radical (unpaired) electrons. The third-order valence-electron chi connectivity index (χ3n) is 3.58. The van der Waals surface area contributed by atoms with Crippen LogP contribution in [0.2, 0.25) is 0 Å². The summed E-state index contributed by atoms with van der Waals surface area (Å²) < 4.78 is 9.81. The van der Waals surface area contributed by atoms with Crippen molar-refractivity contribution in [2.24, 2.45) is 0 Å². The fourth-order valence-electron chi connectivity index (χ4n) is 2.25. The molecular formula is C19H26O5. The number of benzene rings is 1. The zero-order valence-corrected chi connectivity index (χ0v) is 14.5. The SMILES string of the molecule is CCCCCCCC(=O)c1ccc(OC(=O)OCCC)c(C=O)c1. The summed E-state index contributed by atoms with van der Waals surface area (Å²) in [6.07, 6.45) is 6.22. The van der Waals surface area contributed by atoms with Gasteiger partial charge in [-0.15, -0.1) is 0 Å². The highest BCUT2D eigenvalue weighted by atomic mass is 16.7. The Balaban J connectivity index is 2.63. The molecule has 1 aromatic carbocycles. The first-order valence-electron chi connectivity index (χ1n) is 8.59. The van der Waals surface area contributed by atoms with Gasteiger partial charge in [0.25, 0.3) is 0 Å². The third kappa shape index (κ3) is 6.94. The van der Waals surface area contributed by atoms with Gasteiger partial charge in [-0.3, -0.25) is 9.59 Å². The first-order valence-corrected chi connectivity index (χ1v) is 8.59. The Bertz CT molecular complexity index is 551. The van der Waals surface area contributed by atoms with Crippen molar-refractivity contribution in [3.05, 3.63) is 29.3 Å². The molecule has 1 rings (SSSR count). The molecule has 132 valence electrons. The van der Waals surface area contributed by atoms with Crippen molar-refractivity contribution in [3.8, 4) is 5.75 Å². The monoisotopic (exact) mass is 334 g/mol. The second-order valence-corrected chi connectivity index (χ2v) is 5.66. The van der Waals surface area contributed by atoms with Gasteiger partial charge >= 0.3 is 6.16 Å². The number of hydrogen-bond donors (Lipinski definition) is 0. The highest BCUT2D eigenvalue weighted by molar-refractivity contribution is 5.98. The Hall–Kier alpha value is -2.17. The highest BCUT2D eigenvalue weighted by Crippen LogP contribution is 2.21. The van der Waals surface area contributed by atoms with Crippen LogP contribution >= 0.6 is 0 Å². The first-order chi connectivity index (χ1) is 11.6. The first kappa shape index (κ1) is 19.9. The molecule has 1 aromatic rings. The molecule has 0 aliphatic carbocycles. The molecule has 0 unspecified atom stereocenters. The van der Waals surface area contributed by atoms with E-state index >= 15 is 0 Å². The lowest BCUT2D eigenvalue weighted by atomic mass is 10.0. The summed E-state index contributed by atoms with van der Waals surface area (Å²) in [5, 5.41) is 0. The maximum atomic E-state index is 12.2. The van der Waals surface area contributed by atoms with E-state index < -0.39 is 6.16 Å². The van der Waals surface area contributed by atoms with Crippen molar-refractivity contribution in [1.82, 2.24) is 0 Å². The summed E-state index contributed by atoms with van der Waals surface area (Å²) in [7, 11) is 0. The highest BCUT2D eigenvalue weighted by Gasteiger charge is 2.13. The van der Waals surface area contributed by atoms with Crippen molar-refractivity contribution in [2.75, 3.05) is 6.61 Å². The smallest absolute Gasteiger partial charge is 0.434 e. The number of rotatable bonds is 11. The van der Waals surface area contributed by atoms with Crippen molar-refractivity contribution in [2.45, 2.75) is 58.8 Å². The van der Waals surface area contributed by atoms with Gasteiger partial charge in [-0.05, 0) is 31.0 Å². The summed E-state index contributed by atoms with van der Waals surface area (Å²) in [6, 6.07) is 4.49. The maximum Gasteiger partial charge on any atom is 0.513 e. The maximum absolute atomic E-state index is 12.2. The van der Waals surface area contributed by atoms with Gasteiger partial charge in [-0.2, -0.15) is 0 Å². The van der Waals surface area contributed by atoms with Crippen LogP contribution in [0, 0.1) is 0 Å². The lowest BCUT2D eigenvalue weighted by Gasteiger charge is -2.08. The zero-order valence-electron chi connectivity index (χ0n) is 14.5.